The Morgan fingerprint density at radius 1 is 0.870 bits per heavy atom. The fraction of sp³-hybridized carbons (Fsp3) is 0.294. The van der Waals surface area contributed by atoms with Crippen LogP contribution in [0.3, 0.4) is 0 Å². The van der Waals surface area contributed by atoms with Crippen molar-refractivity contribution in [3.8, 4) is 0 Å². The molecule has 2 aromatic rings. The minimum Gasteiger partial charge on any atom is -0.394 e. The molecule has 0 radical (unpaired) electrons. The van der Waals surface area contributed by atoms with Gasteiger partial charge in [0.15, 0.2) is 0 Å². The van der Waals surface area contributed by atoms with Gasteiger partial charge in [0.1, 0.15) is 0 Å². The molecule has 2 atom stereocenters. The summed E-state index contributed by atoms with van der Waals surface area (Å²) in [7, 11) is 1.65. The van der Waals surface area contributed by atoms with Crippen molar-refractivity contribution < 1.29 is 9.84 Å². The highest BCUT2D eigenvalue weighted by atomic mass is 79.9. The second kappa shape index (κ2) is 10.9. The van der Waals surface area contributed by atoms with E-state index in [0.717, 1.165) is 20.1 Å². The average molecular weight is 446 g/mol. The first kappa shape index (κ1) is 20.3. The van der Waals surface area contributed by atoms with Crippen LogP contribution in [0.25, 0.3) is 0 Å². The van der Waals surface area contributed by atoms with Gasteiger partial charge < -0.3 is 21.3 Å². The molecule has 2 aromatic carbocycles. The van der Waals surface area contributed by atoms with Crippen LogP contribution in [0, 0.1) is 0 Å². The van der Waals surface area contributed by atoms with Crippen molar-refractivity contribution in [2.75, 3.05) is 20.3 Å². The third kappa shape index (κ3) is 7.56. The van der Waals surface area contributed by atoms with Gasteiger partial charge in [-0.05, 0) is 35.4 Å². The van der Waals surface area contributed by atoms with Gasteiger partial charge in [0.05, 0.1) is 25.3 Å². The number of ether oxygens (including phenoxy) is 1. The summed E-state index contributed by atoms with van der Waals surface area (Å²) in [5, 5.41) is 8.72. The predicted molar refractivity (Wildman–Crippen MR) is 101 cm³/mol. The number of aliphatic hydroxyl groups is 1. The number of nitrogens with two attached hydrogens (primary N) is 2. The number of rotatable bonds is 5. The van der Waals surface area contributed by atoms with Gasteiger partial charge >= 0.3 is 0 Å². The fourth-order valence-electron chi connectivity index (χ4n) is 1.80. The molecule has 0 amide bonds. The van der Waals surface area contributed by atoms with Gasteiger partial charge in [-0.15, -0.1) is 0 Å². The first-order chi connectivity index (χ1) is 11.0. The molecule has 0 aromatic heterocycles. The van der Waals surface area contributed by atoms with E-state index in [4.69, 9.17) is 21.3 Å². The number of hydrogen-bond donors (Lipinski definition) is 3. The Hall–Kier alpha value is -0.760. The summed E-state index contributed by atoms with van der Waals surface area (Å²) >= 11 is 6.67. The summed E-state index contributed by atoms with van der Waals surface area (Å²) in [6.45, 7) is 0.545. The Morgan fingerprint density at radius 3 is 1.61 bits per heavy atom. The quantitative estimate of drug-likeness (QED) is 0.657. The number of hydrogen-bond acceptors (Lipinski definition) is 4. The molecule has 0 aliphatic heterocycles. The molecule has 0 unspecified atom stereocenters. The van der Waals surface area contributed by atoms with Gasteiger partial charge in [0.2, 0.25) is 0 Å². The van der Waals surface area contributed by atoms with Crippen LogP contribution in [0.2, 0.25) is 0 Å². The molecular weight excluding hydrogens is 424 g/mol. The van der Waals surface area contributed by atoms with Crippen LogP contribution in [-0.2, 0) is 4.74 Å². The molecule has 0 heterocycles. The van der Waals surface area contributed by atoms with Crippen LogP contribution in [0.5, 0.6) is 0 Å². The maximum Gasteiger partial charge on any atom is 0.0655 e. The lowest BCUT2D eigenvalue weighted by atomic mass is 10.1. The fourth-order valence-corrected chi connectivity index (χ4v) is 2.33. The maximum atomic E-state index is 8.72. The predicted octanol–water partition coefficient (Wildman–Crippen LogP) is 3.54. The molecule has 5 N–H and O–H groups in total. The van der Waals surface area contributed by atoms with Gasteiger partial charge in [0.25, 0.3) is 0 Å². The lowest BCUT2D eigenvalue weighted by Crippen LogP contribution is -2.15. The number of benzene rings is 2. The third-order valence-corrected chi connectivity index (χ3v) is 4.20. The van der Waals surface area contributed by atoms with Gasteiger partial charge in [-0.3, -0.25) is 0 Å². The van der Waals surface area contributed by atoms with Crippen molar-refractivity contribution in [3.63, 3.8) is 0 Å². The molecular formula is C17H22Br2N2O2. The summed E-state index contributed by atoms with van der Waals surface area (Å²) in [6, 6.07) is 15.3. The molecule has 0 saturated carbocycles. The van der Waals surface area contributed by atoms with Crippen LogP contribution in [0.1, 0.15) is 23.2 Å². The van der Waals surface area contributed by atoms with E-state index in [9.17, 15) is 0 Å². The molecule has 0 aliphatic carbocycles. The molecule has 0 bridgehead atoms. The van der Waals surface area contributed by atoms with Crippen molar-refractivity contribution in [2.24, 2.45) is 11.5 Å². The molecule has 0 saturated heterocycles. The van der Waals surface area contributed by atoms with E-state index in [2.05, 4.69) is 31.9 Å². The van der Waals surface area contributed by atoms with E-state index in [0.29, 0.717) is 6.61 Å². The smallest absolute Gasteiger partial charge is 0.0655 e. The third-order valence-electron chi connectivity index (χ3n) is 3.14. The summed E-state index contributed by atoms with van der Waals surface area (Å²) in [5.41, 5.74) is 13.4. The number of aliphatic hydroxyl groups excluding tert-OH is 1. The Kier molecular flexibility index (Phi) is 9.62. The summed E-state index contributed by atoms with van der Waals surface area (Å²) < 4.78 is 7.04. The van der Waals surface area contributed by atoms with E-state index in [-0.39, 0.29) is 18.7 Å². The molecule has 4 nitrogen and oxygen atoms in total. The highest BCUT2D eigenvalue weighted by Gasteiger charge is 2.03. The van der Waals surface area contributed by atoms with Crippen molar-refractivity contribution in [2.45, 2.75) is 12.1 Å². The lowest BCUT2D eigenvalue weighted by molar-refractivity contribution is 0.181. The molecule has 0 aliphatic rings. The second-order valence-electron chi connectivity index (χ2n) is 4.95. The lowest BCUT2D eigenvalue weighted by Gasteiger charge is -2.10. The highest BCUT2D eigenvalue weighted by molar-refractivity contribution is 9.10. The minimum atomic E-state index is -0.261. The Bertz CT molecular complexity index is 562. The summed E-state index contributed by atoms with van der Waals surface area (Å²) in [5.74, 6) is 0. The topological polar surface area (TPSA) is 81.5 Å². The van der Waals surface area contributed by atoms with E-state index >= 15 is 0 Å². The molecule has 23 heavy (non-hydrogen) atoms. The largest absolute Gasteiger partial charge is 0.394 e. The molecule has 126 valence electrons. The normalized spacial score (nSPS) is 13.0. The second-order valence-corrected chi connectivity index (χ2v) is 6.79. The SMILES string of the molecule is COC[C@H](N)c1ccc(Br)cc1.N[C@@H](CO)c1ccc(Br)cc1. The van der Waals surface area contributed by atoms with Gasteiger partial charge in [-0.1, -0.05) is 56.1 Å². The van der Waals surface area contributed by atoms with Crippen molar-refractivity contribution in [1.82, 2.24) is 0 Å². The minimum absolute atomic E-state index is 0.0123. The Labute approximate surface area is 154 Å². The maximum absolute atomic E-state index is 8.72. The van der Waals surface area contributed by atoms with Gasteiger partial charge in [-0.25, -0.2) is 0 Å². The Balaban J connectivity index is 0.000000231. The zero-order chi connectivity index (χ0) is 17.2. The van der Waals surface area contributed by atoms with Crippen LogP contribution in [0.15, 0.2) is 57.5 Å². The van der Waals surface area contributed by atoms with Gasteiger partial charge in [0, 0.05) is 16.1 Å². The standard InChI is InChI=1S/C9H12BrNO.C8H10BrNO/c1-12-6-9(11)7-2-4-8(10)5-3-7;9-7-3-1-6(2-4-7)8(10)5-11/h2-5,9H,6,11H2,1H3;1-4,8,11H,5,10H2/t9-;8-/m00/s1. The van der Waals surface area contributed by atoms with Crippen molar-refractivity contribution >= 4 is 31.9 Å². The van der Waals surface area contributed by atoms with Crippen LogP contribution in [-0.4, -0.2) is 25.4 Å². The highest BCUT2D eigenvalue weighted by Crippen LogP contribution is 2.15. The molecule has 0 spiro atoms. The van der Waals surface area contributed by atoms with E-state index in [1.54, 1.807) is 7.11 Å². The first-order valence-electron chi connectivity index (χ1n) is 7.09. The first-order valence-corrected chi connectivity index (χ1v) is 8.68. The van der Waals surface area contributed by atoms with E-state index in [1.165, 1.54) is 0 Å². The molecule has 6 heteroatoms. The molecule has 2 rings (SSSR count). The van der Waals surface area contributed by atoms with Crippen molar-refractivity contribution in [3.05, 3.63) is 68.6 Å². The number of methoxy groups -OCH3 is 1. The van der Waals surface area contributed by atoms with E-state index in [1.807, 2.05) is 48.5 Å². The van der Waals surface area contributed by atoms with Crippen LogP contribution < -0.4 is 11.5 Å². The van der Waals surface area contributed by atoms with Gasteiger partial charge in [-0.2, -0.15) is 0 Å². The van der Waals surface area contributed by atoms with Crippen LogP contribution in [0.4, 0.5) is 0 Å². The number of halogens is 2. The van der Waals surface area contributed by atoms with Crippen LogP contribution >= 0.6 is 31.9 Å². The average Bonchev–Trinajstić information content (AvgIpc) is 2.56. The summed E-state index contributed by atoms with van der Waals surface area (Å²) in [4.78, 5) is 0. The zero-order valence-electron chi connectivity index (χ0n) is 13.0. The molecule has 0 fully saturated rings. The Morgan fingerprint density at radius 2 is 1.26 bits per heavy atom. The monoisotopic (exact) mass is 444 g/mol. The summed E-state index contributed by atoms with van der Waals surface area (Å²) in [6.07, 6.45) is 0. The van der Waals surface area contributed by atoms with Crippen molar-refractivity contribution in [1.29, 1.82) is 0 Å². The zero-order valence-corrected chi connectivity index (χ0v) is 16.1. The van der Waals surface area contributed by atoms with E-state index < -0.39 is 0 Å².